The van der Waals surface area contributed by atoms with Crippen molar-refractivity contribution in [3.05, 3.63) is 35.4 Å². The third kappa shape index (κ3) is 6.78. The molecule has 1 rings (SSSR count). The predicted molar refractivity (Wildman–Crippen MR) is 84.3 cm³/mol. The molecule has 0 saturated heterocycles. The minimum absolute atomic E-state index is 0. The van der Waals surface area contributed by atoms with Gasteiger partial charge in [-0.2, -0.15) is 0 Å². The molecule has 6 heteroatoms. The van der Waals surface area contributed by atoms with Crippen LogP contribution in [0.5, 0.6) is 0 Å². The zero-order valence-corrected chi connectivity index (χ0v) is 13.2. The molecular formula is C13H23Cl2N3O. The molecule has 0 spiro atoms. The Bertz CT molecular complexity index is 369. The lowest BCUT2D eigenvalue weighted by Gasteiger charge is -2.19. The summed E-state index contributed by atoms with van der Waals surface area (Å²) in [7, 11) is 3.99. The van der Waals surface area contributed by atoms with E-state index in [1.165, 1.54) is 0 Å². The largest absolute Gasteiger partial charge is 0.350 e. The highest BCUT2D eigenvalue weighted by molar-refractivity contribution is 5.94. The number of hydrogen-bond acceptors (Lipinski definition) is 3. The molecule has 1 unspecified atom stereocenters. The lowest BCUT2D eigenvalue weighted by molar-refractivity contribution is 0.0943. The van der Waals surface area contributed by atoms with Crippen LogP contribution >= 0.6 is 24.8 Å². The molecule has 1 aromatic rings. The molecule has 3 N–H and O–H groups in total. The number of likely N-dealkylation sites (N-methyl/N-ethyl adjacent to an activating group) is 1. The van der Waals surface area contributed by atoms with Crippen molar-refractivity contribution in [3.8, 4) is 0 Å². The Labute approximate surface area is 127 Å². The van der Waals surface area contributed by atoms with Crippen LogP contribution in [0.15, 0.2) is 24.3 Å². The highest BCUT2D eigenvalue weighted by atomic mass is 35.5. The zero-order chi connectivity index (χ0) is 12.8. The van der Waals surface area contributed by atoms with Crippen LogP contribution in [0.3, 0.4) is 0 Å². The maximum absolute atomic E-state index is 11.8. The van der Waals surface area contributed by atoms with Gasteiger partial charge in [-0.3, -0.25) is 4.79 Å². The smallest absolute Gasteiger partial charge is 0.251 e. The minimum atomic E-state index is -0.0396. The predicted octanol–water partition coefficient (Wildman–Crippen LogP) is 1.67. The molecule has 1 atom stereocenters. The van der Waals surface area contributed by atoms with E-state index in [4.69, 9.17) is 5.73 Å². The van der Waals surface area contributed by atoms with Gasteiger partial charge in [-0.15, -0.1) is 24.8 Å². The first-order chi connectivity index (χ1) is 8.04. The number of benzene rings is 1. The summed E-state index contributed by atoms with van der Waals surface area (Å²) in [5.41, 5.74) is 7.21. The standard InChI is InChI=1S/C13H21N3O.2ClH/c1-10(16(2)3)9-15-13(17)12-6-4-11(8-14)5-7-12;;/h4-7,10H,8-9,14H2,1-3H3,(H,15,17);2*1H. The third-order valence-corrected chi connectivity index (χ3v) is 2.89. The van der Waals surface area contributed by atoms with Crippen LogP contribution in [0.1, 0.15) is 22.8 Å². The van der Waals surface area contributed by atoms with E-state index in [0.29, 0.717) is 24.7 Å². The first kappa shape index (κ1) is 20.5. The molecule has 0 bridgehead atoms. The van der Waals surface area contributed by atoms with Crippen LogP contribution in [-0.4, -0.2) is 37.5 Å². The molecule has 0 saturated carbocycles. The highest BCUT2D eigenvalue weighted by Crippen LogP contribution is 2.03. The van der Waals surface area contributed by atoms with Crippen molar-refractivity contribution in [2.75, 3.05) is 20.6 Å². The molecule has 0 fully saturated rings. The molecule has 4 nitrogen and oxygen atoms in total. The van der Waals surface area contributed by atoms with Crippen LogP contribution in [0.4, 0.5) is 0 Å². The summed E-state index contributed by atoms with van der Waals surface area (Å²) >= 11 is 0. The van der Waals surface area contributed by atoms with Crippen LogP contribution in [0.2, 0.25) is 0 Å². The van der Waals surface area contributed by atoms with Crippen molar-refractivity contribution < 1.29 is 4.79 Å². The number of amides is 1. The summed E-state index contributed by atoms with van der Waals surface area (Å²) in [6.45, 7) is 3.21. The quantitative estimate of drug-likeness (QED) is 0.870. The number of nitrogens with two attached hydrogens (primary N) is 1. The van der Waals surface area contributed by atoms with Crippen LogP contribution in [0.25, 0.3) is 0 Å². The molecule has 0 aliphatic heterocycles. The fourth-order valence-corrected chi connectivity index (χ4v) is 1.32. The number of nitrogens with zero attached hydrogens (tertiary/aromatic N) is 1. The van der Waals surface area contributed by atoms with Gasteiger partial charge in [0.25, 0.3) is 5.91 Å². The van der Waals surface area contributed by atoms with Gasteiger partial charge in [0.2, 0.25) is 0 Å². The van der Waals surface area contributed by atoms with E-state index in [9.17, 15) is 4.79 Å². The Morgan fingerprint density at radius 2 is 1.79 bits per heavy atom. The van der Waals surface area contributed by atoms with E-state index in [2.05, 4.69) is 17.1 Å². The first-order valence-electron chi connectivity index (χ1n) is 5.78. The van der Waals surface area contributed by atoms with Gasteiger partial charge in [0, 0.05) is 24.7 Å². The number of halogens is 2. The molecular weight excluding hydrogens is 285 g/mol. The normalized spacial score (nSPS) is 11.2. The summed E-state index contributed by atoms with van der Waals surface area (Å²) in [5, 5.41) is 2.91. The second-order valence-electron chi connectivity index (χ2n) is 4.42. The van der Waals surface area contributed by atoms with E-state index < -0.39 is 0 Å². The van der Waals surface area contributed by atoms with Gasteiger partial charge in [0.1, 0.15) is 0 Å². The Kier molecular flexibility index (Phi) is 10.8. The molecule has 110 valence electrons. The summed E-state index contributed by atoms with van der Waals surface area (Å²) < 4.78 is 0. The van der Waals surface area contributed by atoms with E-state index in [1.807, 2.05) is 26.2 Å². The van der Waals surface area contributed by atoms with E-state index in [1.54, 1.807) is 12.1 Å². The Morgan fingerprint density at radius 1 is 1.26 bits per heavy atom. The molecule has 0 heterocycles. The molecule has 0 aliphatic rings. The Balaban J connectivity index is 0. The number of hydrogen-bond donors (Lipinski definition) is 2. The van der Waals surface area contributed by atoms with Crippen LogP contribution < -0.4 is 11.1 Å². The number of carbonyl (C=O) groups is 1. The molecule has 0 aromatic heterocycles. The van der Waals surface area contributed by atoms with Gasteiger partial charge in [0.15, 0.2) is 0 Å². The fraction of sp³-hybridized carbons (Fsp3) is 0.462. The van der Waals surface area contributed by atoms with Crippen molar-refractivity contribution in [2.45, 2.75) is 19.5 Å². The van der Waals surface area contributed by atoms with Gasteiger partial charge < -0.3 is 16.0 Å². The molecule has 0 aliphatic carbocycles. The summed E-state index contributed by atoms with van der Waals surface area (Å²) in [6, 6.07) is 7.69. The van der Waals surface area contributed by atoms with Crippen molar-refractivity contribution in [1.82, 2.24) is 10.2 Å². The highest BCUT2D eigenvalue weighted by Gasteiger charge is 2.08. The lowest BCUT2D eigenvalue weighted by atomic mass is 10.1. The van der Waals surface area contributed by atoms with Crippen LogP contribution in [0, 0.1) is 0 Å². The summed E-state index contributed by atoms with van der Waals surface area (Å²) in [6.07, 6.45) is 0. The molecule has 0 radical (unpaired) electrons. The Morgan fingerprint density at radius 3 is 2.21 bits per heavy atom. The van der Waals surface area contributed by atoms with Gasteiger partial charge >= 0.3 is 0 Å². The van der Waals surface area contributed by atoms with Gasteiger partial charge in [-0.05, 0) is 38.7 Å². The molecule has 19 heavy (non-hydrogen) atoms. The van der Waals surface area contributed by atoms with Gasteiger partial charge in [0.05, 0.1) is 0 Å². The Hall–Kier alpha value is -0.810. The monoisotopic (exact) mass is 307 g/mol. The average molecular weight is 308 g/mol. The van der Waals surface area contributed by atoms with Gasteiger partial charge in [-0.1, -0.05) is 12.1 Å². The maximum atomic E-state index is 11.8. The van der Waals surface area contributed by atoms with Crippen molar-refractivity contribution in [3.63, 3.8) is 0 Å². The van der Waals surface area contributed by atoms with Gasteiger partial charge in [-0.25, -0.2) is 0 Å². The first-order valence-corrected chi connectivity index (χ1v) is 5.78. The SMILES string of the molecule is CC(CNC(=O)c1ccc(CN)cc1)N(C)C.Cl.Cl. The van der Waals surface area contributed by atoms with Crippen LogP contribution in [-0.2, 0) is 6.54 Å². The second-order valence-corrected chi connectivity index (χ2v) is 4.42. The third-order valence-electron chi connectivity index (χ3n) is 2.89. The average Bonchev–Trinajstić information content (AvgIpc) is 2.35. The van der Waals surface area contributed by atoms with Crippen molar-refractivity contribution >= 4 is 30.7 Å². The van der Waals surface area contributed by atoms with Crippen molar-refractivity contribution in [1.29, 1.82) is 0 Å². The zero-order valence-electron chi connectivity index (χ0n) is 11.6. The van der Waals surface area contributed by atoms with E-state index in [-0.39, 0.29) is 30.7 Å². The number of carbonyl (C=O) groups excluding carboxylic acids is 1. The lowest BCUT2D eigenvalue weighted by Crippen LogP contribution is -2.38. The summed E-state index contributed by atoms with van der Waals surface area (Å²) in [4.78, 5) is 13.9. The summed E-state index contributed by atoms with van der Waals surface area (Å²) in [5.74, 6) is -0.0396. The van der Waals surface area contributed by atoms with Crippen molar-refractivity contribution in [2.24, 2.45) is 5.73 Å². The maximum Gasteiger partial charge on any atom is 0.251 e. The number of rotatable bonds is 5. The molecule has 1 amide bonds. The van der Waals surface area contributed by atoms with E-state index >= 15 is 0 Å². The van der Waals surface area contributed by atoms with E-state index in [0.717, 1.165) is 5.56 Å². The molecule has 1 aromatic carbocycles. The number of nitrogens with one attached hydrogen (secondary N) is 1. The minimum Gasteiger partial charge on any atom is -0.350 e. The topological polar surface area (TPSA) is 58.4 Å². The second kappa shape index (κ2) is 10.0. The fourth-order valence-electron chi connectivity index (χ4n) is 1.32.